The van der Waals surface area contributed by atoms with Crippen LogP contribution in [0.4, 0.5) is 0 Å². The maximum Gasteiger partial charge on any atom is 0.261 e. The van der Waals surface area contributed by atoms with Crippen molar-refractivity contribution in [1.82, 2.24) is 10.2 Å². The molecule has 0 spiro atoms. The largest absolute Gasteiger partial charge is 0.340 e. The second kappa shape index (κ2) is 7.20. The van der Waals surface area contributed by atoms with Crippen LogP contribution in [0.1, 0.15) is 21.5 Å². The second-order valence-electron chi connectivity index (χ2n) is 4.57. The second-order valence-corrected chi connectivity index (χ2v) is 8.07. The molecule has 2 heterocycles. The number of hydrogen-bond acceptors (Lipinski definition) is 4. The van der Waals surface area contributed by atoms with E-state index in [1.807, 2.05) is 23.6 Å². The quantitative estimate of drug-likeness (QED) is 0.856. The van der Waals surface area contributed by atoms with E-state index in [1.165, 1.54) is 11.3 Å². The minimum absolute atomic E-state index is 0.107. The van der Waals surface area contributed by atoms with Gasteiger partial charge in [-0.15, -0.1) is 22.7 Å². The maximum absolute atomic E-state index is 12.3. The summed E-state index contributed by atoms with van der Waals surface area (Å²) in [5, 5.41) is 4.56. The number of amides is 2. The Bertz CT molecular complexity index is 625. The Kier molecular flexibility index (Phi) is 5.55. The van der Waals surface area contributed by atoms with E-state index in [4.69, 9.17) is 0 Å². The number of carbonyl (C=O) groups is 2. The minimum Gasteiger partial charge on any atom is -0.340 e. The molecule has 0 saturated heterocycles. The van der Waals surface area contributed by atoms with Crippen molar-refractivity contribution in [2.24, 2.45) is 0 Å². The predicted molar refractivity (Wildman–Crippen MR) is 89.7 cm³/mol. The first-order valence-electron chi connectivity index (χ1n) is 6.31. The average molecular weight is 387 g/mol. The van der Waals surface area contributed by atoms with Crippen molar-refractivity contribution in [3.8, 4) is 0 Å². The first-order valence-corrected chi connectivity index (χ1v) is 8.80. The van der Waals surface area contributed by atoms with Crippen LogP contribution in [0, 0.1) is 0 Å². The highest BCUT2D eigenvalue weighted by Gasteiger charge is 2.20. The zero-order valence-electron chi connectivity index (χ0n) is 11.6. The summed E-state index contributed by atoms with van der Waals surface area (Å²) in [6, 6.07) is 6.94. The maximum atomic E-state index is 12.3. The molecule has 0 aliphatic carbocycles. The number of thiophene rings is 2. The first kappa shape index (κ1) is 16.2. The average Bonchev–Trinajstić information content (AvgIpc) is 3.09. The number of halogens is 1. The zero-order valence-corrected chi connectivity index (χ0v) is 14.8. The van der Waals surface area contributed by atoms with Crippen molar-refractivity contribution >= 4 is 50.4 Å². The van der Waals surface area contributed by atoms with Crippen LogP contribution < -0.4 is 5.32 Å². The molecule has 2 aromatic heterocycles. The molecule has 1 unspecified atom stereocenters. The summed E-state index contributed by atoms with van der Waals surface area (Å²) < 4.78 is 1.04. The minimum atomic E-state index is -0.548. The molecule has 0 fully saturated rings. The molecule has 2 aromatic rings. The van der Waals surface area contributed by atoms with E-state index >= 15 is 0 Å². The van der Waals surface area contributed by atoms with Crippen molar-refractivity contribution in [1.29, 1.82) is 0 Å². The highest BCUT2D eigenvalue weighted by Crippen LogP contribution is 2.23. The molecular weight excluding hydrogens is 372 g/mol. The molecule has 0 radical (unpaired) electrons. The van der Waals surface area contributed by atoms with Gasteiger partial charge in [0.25, 0.3) is 5.91 Å². The molecule has 21 heavy (non-hydrogen) atoms. The van der Waals surface area contributed by atoms with Crippen LogP contribution in [0.5, 0.6) is 0 Å². The van der Waals surface area contributed by atoms with Gasteiger partial charge in [-0.05, 0) is 46.4 Å². The topological polar surface area (TPSA) is 49.4 Å². The smallest absolute Gasteiger partial charge is 0.261 e. The van der Waals surface area contributed by atoms with Gasteiger partial charge in [-0.25, -0.2) is 0 Å². The summed E-state index contributed by atoms with van der Waals surface area (Å²) in [6.45, 7) is 2.24. The fraction of sp³-hybridized carbons (Fsp3) is 0.286. The van der Waals surface area contributed by atoms with Crippen molar-refractivity contribution < 1.29 is 9.59 Å². The van der Waals surface area contributed by atoms with Gasteiger partial charge in [-0.1, -0.05) is 6.07 Å². The fourth-order valence-electron chi connectivity index (χ4n) is 1.82. The predicted octanol–water partition coefficient (Wildman–Crippen LogP) is 3.35. The standard InChI is InChI=1S/C14H15BrN2O2S2/c1-9(16-13(18)11-4-3-7-20-11)14(19)17(2)8-10-5-6-12(15)21-10/h3-7,9H,8H2,1-2H3,(H,16,18). The summed E-state index contributed by atoms with van der Waals surface area (Å²) in [5.41, 5.74) is 0. The molecular formula is C14H15BrN2O2S2. The summed E-state index contributed by atoms with van der Waals surface area (Å²) in [7, 11) is 1.74. The Morgan fingerprint density at radius 3 is 2.71 bits per heavy atom. The van der Waals surface area contributed by atoms with Gasteiger partial charge in [-0.3, -0.25) is 9.59 Å². The summed E-state index contributed by atoms with van der Waals surface area (Å²) in [4.78, 5) is 27.5. The summed E-state index contributed by atoms with van der Waals surface area (Å²) in [6.07, 6.45) is 0. The van der Waals surface area contributed by atoms with E-state index in [0.717, 1.165) is 8.66 Å². The van der Waals surface area contributed by atoms with Crippen molar-refractivity contribution in [3.63, 3.8) is 0 Å². The number of rotatable bonds is 5. The van der Waals surface area contributed by atoms with Gasteiger partial charge in [0.05, 0.1) is 15.2 Å². The molecule has 2 rings (SSSR count). The number of likely N-dealkylation sites (N-methyl/N-ethyl adjacent to an activating group) is 1. The number of nitrogens with one attached hydrogen (secondary N) is 1. The Morgan fingerprint density at radius 1 is 1.38 bits per heavy atom. The SMILES string of the molecule is CC(NC(=O)c1cccs1)C(=O)N(C)Cc1ccc(Br)s1. The molecule has 1 N–H and O–H groups in total. The molecule has 0 bridgehead atoms. The highest BCUT2D eigenvalue weighted by molar-refractivity contribution is 9.11. The Morgan fingerprint density at radius 2 is 2.14 bits per heavy atom. The van der Waals surface area contributed by atoms with Crippen LogP contribution in [0.3, 0.4) is 0 Å². The van der Waals surface area contributed by atoms with Gasteiger partial charge in [0.15, 0.2) is 0 Å². The lowest BCUT2D eigenvalue weighted by molar-refractivity contribution is -0.132. The third-order valence-electron chi connectivity index (χ3n) is 2.86. The molecule has 2 amide bonds. The van der Waals surface area contributed by atoms with Crippen molar-refractivity contribution in [2.75, 3.05) is 7.05 Å². The van der Waals surface area contributed by atoms with Crippen LogP contribution in [0.25, 0.3) is 0 Å². The van der Waals surface area contributed by atoms with E-state index in [1.54, 1.807) is 36.3 Å². The molecule has 0 aliphatic rings. The highest BCUT2D eigenvalue weighted by atomic mass is 79.9. The Hall–Kier alpha value is -1.18. The van der Waals surface area contributed by atoms with Gasteiger partial charge in [0.1, 0.15) is 6.04 Å². The number of nitrogens with zero attached hydrogens (tertiary/aromatic N) is 1. The molecule has 4 nitrogen and oxygen atoms in total. The lowest BCUT2D eigenvalue weighted by atomic mass is 10.2. The summed E-state index contributed by atoms with van der Waals surface area (Å²) in [5.74, 6) is -0.317. The van der Waals surface area contributed by atoms with Crippen LogP contribution in [-0.4, -0.2) is 29.8 Å². The Balaban J connectivity index is 1.90. The van der Waals surface area contributed by atoms with E-state index in [0.29, 0.717) is 11.4 Å². The molecule has 1 atom stereocenters. The zero-order chi connectivity index (χ0) is 15.4. The van der Waals surface area contributed by atoms with Gasteiger partial charge >= 0.3 is 0 Å². The van der Waals surface area contributed by atoms with E-state index in [2.05, 4.69) is 21.2 Å². The van der Waals surface area contributed by atoms with Gasteiger partial charge in [0.2, 0.25) is 5.91 Å². The number of hydrogen-bond donors (Lipinski definition) is 1. The van der Waals surface area contributed by atoms with Crippen molar-refractivity contribution in [3.05, 3.63) is 43.2 Å². The van der Waals surface area contributed by atoms with Crippen molar-refractivity contribution in [2.45, 2.75) is 19.5 Å². The fourth-order valence-corrected chi connectivity index (χ4v) is 3.98. The number of carbonyl (C=O) groups excluding carboxylic acids is 2. The van der Waals surface area contributed by atoms with E-state index in [9.17, 15) is 9.59 Å². The normalized spacial score (nSPS) is 12.0. The van der Waals surface area contributed by atoms with E-state index in [-0.39, 0.29) is 11.8 Å². The lowest BCUT2D eigenvalue weighted by Crippen LogP contribution is -2.45. The molecule has 0 aromatic carbocycles. The van der Waals surface area contributed by atoms with Gasteiger partial charge in [0, 0.05) is 11.9 Å². The van der Waals surface area contributed by atoms with Crippen LogP contribution in [-0.2, 0) is 11.3 Å². The third-order valence-corrected chi connectivity index (χ3v) is 5.34. The molecule has 112 valence electrons. The molecule has 7 heteroatoms. The van der Waals surface area contributed by atoms with Crippen LogP contribution in [0.2, 0.25) is 0 Å². The van der Waals surface area contributed by atoms with Crippen LogP contribution in [0.15, 0.2) is 33.4 Å². The molecule has 0 saturated carbocycles. The Labute approximate surface area is 139 Å². The van der Waals surface area contributed by atoms with Crippen LogP contribution >= 0.6 is 38.6 Å². The first-order chi connectivity index (χ1) is 9.97. The lowest BCUT2D eigenvalue weighted by Gasteiger charge is -2.21. The summed E-state index contributed by atoms with van der Waals surface area (Å²) >= 11 is 6.35. The van der Waals surface area contributed by atoms with Gasteiger partial charge < -0.3 is 10.2 Å². The molecule has 0 aliphatic heterocycles. The third kappa shape index (κ3) is 4.39. The monoisotopic (exact) mass is 386 g/mol. The van der Waals surface area contributed by atoms with Gasteiger partial charge in [-0.2, -0.15) is 0 Å². The van der Waals surface area contributed by atoms with E-state index < -0.39 is 6.04 Å².